The summed E-state index contributed by atoms with van der Waals surface area (Å²) >= 11 is 0. The van der Waals surface area contributed by atoms with Crippen LogP contribution in [0, 0.1) is 0 Å². The van der Waals surface area contributed by atoms with Gasteiger partial charge in [-0.05, 0) is 22.0 Å². The Morgan fingerprint density at radius 3 is 1.26 bits per heavy atom. The summed E-state index contributed by atoms with van der Waals surface area (Å²) in [5, 5.41) is 9.59. The Bertz CT molecular complexity index is 337. The first-order valence-electron chi connectivity index (χ1n) is 7.01. The number of hydrogen-bond acceptors (Lipinski definition) is 1. The molecule has 0 aromatic carbocycles. The van der Waals surface area contributed by atoms with Crippen LogP contribution in [0.25, 0.3) is 0 Å². The van der Waals surface area contributed by atoms with Crippen LogP contribution in [0.4, 0.5) is 0 Å². The van der Waals surface area contributed by atoms with Crippen LogP contribution in [-0.4, -0.2) is 19.1 Å². The van der Waals surface area contributed by atoms with E-state index in [0.29, 0.717) is 5.57 Å². The Morgan fingerprint density at radius 2 is 1.11 bits per heavy atom. The van der Waals surface area contributed by atoms with Gasteiger partial charge in [0, 0.05) is 5.57 Å². The fourth-order valence-corrected chi connectivity index (χ4v) is 13.2. The lowest BCUT2D eigenvalue weighted by Crippen LogP contribution is -2.57. The lowest BCUT2D eigenvalue weighted by molar-refractivity contribution is -0.132. The van der Waals surface area contributed by atoms with Crippen LogP contribution in [0.1, 0.15) is 69.2 Å². The summed E-state index contributed by atoms with van der Waals surface area (Å²) in [4.78, 5) is 11.3. The summed E-state index contributed by atoms with van der Waals surface area (Å²) in [5.41, 5.74) is 2.63. The van der Waals surface area contributed by atoms with E-state index in [0.717, 1.165) is 0 Å². The Balaban J connectivity index is 6.46. The molecular weight excluding hydrogens is 252 g/mol. The highest BCUT2D eigenvalue weighted by atomic mass is 28.3. The summed E-state index contributed by atoms with van der Waals surface area (Å²) in [5.74, 6) is -0.797. The summed E-state index contributed by atoms with van der Waals surface area (Å²) in [7, 11) is -2.07. The number of carboxylic acid groups (broad SMARTS) is 1. The minimum absolute atomic E-state index is 0.0974. The van der Waals surface area contributed by atoms with Crippen molar-refractivity contribution in [1.82, 2.24) is 0 Å². The van der Waals surface area contributed by atoms with Crippen molar-refractivity contribution >= 4 is 14.0 Å². The van der Waals surface area contributed by atoms with Gasteiger partial charge in [0.1, 0.15) is 0 Å². The molecule has 0 rings (SSSR count). The molecule has 0 aliphatic rings. The molecule has 19 heavy (non-hydrogen) atoms. The Kier molecular flexibility index (Phi) is 4.93. The van der Waals surface area contributed by atoms with Crippen molar-refractivity contribution in [2.24, 2.45) is 0 Å². The zero-order valence-electron chi connectivity index (χ0n) is 14.4. The molecule has 0 heterocycles. The molecule has 0 aromatic rings. The molecule has 1 N–H and O–H groups in total. The second-order valence-corrected chi connectivity index (χ2v) is 15.1. The predicted molar refractivity (Wildman–Crippen MR) is 86.3 cm³/mol. The quantitative estimate of drug-likeness (QED) is 0.544. The second kappa shape index (κ2) is 5.08. The van der Waals surface area contributed by atoms with Gasteiger partial charge in [0.15, 0.2) is 0 Å². The van der Waals surface area contributed by atoms with E-state index >= 15 is 0 Å². The lowest BCUT2D eigenvalue weighted by Gasteiger charge is -2.58. The normalized spacial score (nSPS) is 15.6. The van der Waals surface area contributed by atoms with Crippen molar-refractivity contribution in [1.29, 1.82) is 0 Å². The first kappa shape index (κ1) is 18.4. The van der Waals surface area contributed by atoms with Gasteiger partial charge in [-0.25, -0.2) is 4.79 Å². The van der Waals surface area contributed by atoms with Gasteiger partial charge < -0.3 is 5.11 Å². The zero-order valence-corrected chi connectivity index (χ0v) is 15.4. The second-order valence-electron chi connectivity index (χ2n) is 8.69. The molecule has 0 bridgehead atoms. The van der Waals surface area contributed by atoms with E-state index in [2.05, 4.69) is 68.0 Å². The molecule has 0 radical (unpaired) electrons. The van der Waals surface area contributed by atoms with Gasteiger partial charge in [-0.3, -0.25) is 0 Å². The number of rotatable bonds is 2. The van der Waals surface area contributed by atoms with Crippen molar-refractivity contribution < 1.29 is 9.90 Å². The van der Waals surface area contributed by atoms with Crippen molar-refractivity contribution in [2.45, 2.75) is 84.4 Å². The van der Waals surface area contributed by atoms with Gasteiger partial charge in [-0.1, -0.05) is 68.0 Å². The molecule has 0 saturated carbocycles. The van der Waals surface area contributed by atoms with E-state index in [4.69, 9.17) is 0 Å². The standard InChI is InChI=1S/C16H32O2Si/c1-12(13(17)18)11-19(14(2,3)4,15(5,6)7)16(8,9)10/h11H,1-10H3,(H,17,18). The van der Waals surface area contributed by atoms with Gasteiger partial charge >= 0.3 is 5.97 Å². The lowest BCUT2D eigenvalue weighted by atomic mass is 10.2. The maximum atomic E-state index is 11.3. The molecule has 0 fully saturated rings. The van der Waals surface area contributed by atoms with Gasteiger partial charge in [-0.15, -0.1) is 0 Å². The number of aliphatic carboxylic acids is 1. The third-order valence-electron chi connectivity index (χ3n) is 4.32. The smallest absolute Gasteiger partial charge is 0.330 e. The van der Waals surface area contributed by atoms with Crippen LogP contribution < -0.4 is 0 Å². The molecule has 0 amide bonds. The molecule has 3 heteroatoms. The van der Waals surface area contributed by atoms with Gasteiger partial charge in [0.2, 0.25) is 0 Å². The average molecular weight is 285 g/mol. The maximum absolute atomic E-state index is 11.3. The first-order chi connectivity index (χ1) is 8.08. The fraction of sp³-hybridized carbons (Fsp3) is 0.812. The summed E-state index contributed by atoms with van der Waals surface area (Å²) in [6.07, 6.45) is 0. The molecule has 0 aliphatic heterocycles. The monoisotopic (exact) mass is 284 g/mol. The van der Waals surface area contributed by atoms with E-state index in [1.54, 1.807) is 6.92 Å². The van der Waals surface area contributed by atoms with Crippen molar-refractivity contribution in [2.75, 3.05) is 0 Å². The van der Waals surface area contributed by atoms with E-state index < -0.39 is 14.0 Å². The summed E-state index contributed by atoms with van der Waals surface area (Å²) in [6, 6.07) is 0. The minimum Gasteiger partial charge on any atom is -0.478 e. The van der Waals surface area contributed by atoms with Crippen molar-refractivity contribution in [3.8, 4) is 0 Å². The number of carbonyl (C=O) groups is 1. The summed E-state index contributed by atoms with van der Waals surface area (Å²) in [6.45, 7) is 22.1. The molecular formula is C16H32O2Si. The average Bonchev–Trinajstić information content (AvgIpc) is 2.06. The Morgan fingerprint density at radius 1 is 0.842 bits per heavy atom. The first-order valence-corrected chi connectivity index (χ1v) is 9.08. The highest BCUT2D eigenvalue weighted by molar-refractivity contribution is 6.92. The SMILES string of the molecule is CC(=C[Si](C(C)(C)C)(C(C)(C)C)C(C)(C)C)C(=O)O. The van der Waals surface area contributed by atoms with Crippen LogP contribution in [0.5, 0.6) is 0 Å². The van der Waals surface area contributed by atoms with Gasteiger partial charge in [0.05, 0.1) is 8.07 Å². The van der Waals surface area contributed by atoms with Crippen LogP contribution in [0.2, 0.25) is 15.1 Å². The molecule has 2 nitrogen and oxygen atoms in total. The van der Waals surface area contributed by atoms with Crippen LogP contribution in [0.15, 0.2) is 11.3 Å². The highest BCUT2D eigenvalue weighted by Crippen LogP contribution is 2.62. The van der Waals surface area contributed by atoms with E-state index in [-0.39, 0.29) is 15.1 Å². The van der Waals surface area contributed by atoms with Gasteiger partial charge in [0.25, 0.3) is 0 Å². The van der Waals surface area contributed by atoms with Crippen molar-refractivity contribution in [3.05, 3.63) is 11.3 Å². The number of hydrogen-bond donors (Lipinski definition) is 1. The summed E-state index contributed by atoms with van der Waals surface area (Å²) < 4.78 is 0. The van der Waals surface area contributed by atoms with E-state index in [9.17, 15) is 9.90 Å². The van der Waals surface area contributed by atoms with E-state index in [1.807, 2.05) is 0 Å². The third-order valence-corrected chi connectivity index (χ3v) is 12.3. The Labute approximate surface area is 120 Å². The molecule has 0 aromatic heterocycles. The fourth-order valence-electron chi connectivity index (χ4n) is 4.41. The third kappa shape index (κ3) is 3.30. The molecule has 0 atom stereocenters. The topological polar surface area (TPSA) is 37.3 Å². The van der Waals surface area contributed by atoms with Gasteiger partial charge in [-0.2, -0.15) is 0 Å². The minimum atomic E-state index is -2.07. The van der Waals surface area contributed by atoms with E-state index in [1.165, 1.54) is 0 Å². The van der Waals surface area contributed by atoms with Crippen LogP contribution in [0.3, 0.4) is 0 Å². The Hall–Kier alpha value is -0.573. The maximum Gasteiger partial charge on any atom is 0.330 e. The molecule has 0 spiro atoms. The predicted octanol–water partition coefficient (Wildman–Crippen LogP) is 5.41. The molecule has 0 aliphatic carbocycles. The molecule has 112 valence electrons. The van der Waals surface area contributed by atoms with Crippen LogP contribution >= 0.6 is 0 Å². The largest absolute Gasteiger partial charge is 0.478 e. The number of carboxylic acids is 1. The zero-order chi connectivity index (χ0) is 15.9. The molecule has 0 unspecified atom stereocenters. The van der Waals surface area contributed by atoms with Crippen molar-refractivity contribution in [3.63, 3.8) is 0 Å². The molecule has 0 saturated heterocycles. The highest BCUT2D eigenvalue weighted by Gasteiger charge is 2.58. The van der Waals surface area contributed by atoms with Crippen LogP contribution in [-0.2, 0) is 4.79 Å².